The number of pyridine rings is 2. The largest absolute Gasteiger partial charge is 0.479 e. The zero-order valence-corrected chi connectivity index (χ0v) is 23.9. The van der Waals surface area contributed by atoms with Crippen LogP contribution in [0.15, 0.2) is 24.4 Å². The average Bonchev–Trinajstić information content (AvgIpc) is 3.44. The monoisotopic (exact) mass is 547 g/mol. The van der Waals surface area contributed by atoms with E-state index in [-0.39, 0.29) is 22.7 Å². The first-order valence-corrected chi connectivity index (χ1v) is 13.4. The number of nitrogens with two attached hydrogens (primary N) is 1. The number of nitrogens with one attached hydrogen (secondary N) is 1. The Morgan fingerprint density at radius 3 is 2.73 bits per heavy atom. The fourth-order valence-corrected chi connectivity index (χ4v) is 5.62. The Kier molecular flexibility index (Phi) is 7.13. The van der Waals surface area contributed by atoms with Crippen molar-refractivity contribution in [2.24, 2.45) is 0 Å². The molecule has 5 rings (SSSR count). The number of methoxy groups -OCH3 is 1. The van der Waals surface area contributed by atoms with Gasteiger partial charge in [0, 0.05) is 43.0 Å². The summed E-state index contributed by atoms with van der Waals surface area (Å²) in [6.07, 6.45) is 3.45. The molecule has 0 bridgehead atoms. The van der Waals surface area contributed by atoms with Crippen molar-refractivity contribution in [2.45, 2.75) is 45.1 Å². The van der Waals surface area contributed by atoms with Gasteiger partial charge in [-0.15, -0.1) is 0 Å². The van der Waals surface area contributed by atoms with Crippen LogP contribution in [0.25, 0.3) is 0 Å². The van der Waals surface area contributed by atoms with E-state index in [0.717, 1.165) is 43.0 Å². The van der Waals surface area contributed by atoms with Crippen molar-refractivity contribution >= 4 is 40.6 Å². The molecule has 1 saturated heterocycles. The number of carbonyl (C=O) groups is 1. The molecule has 12 nitrogen and oxygen atoms in total. The minimum absolute atomic E-state index is 0.00399. The molecule has 0 spiro atoms. The van der Waals surface area contributed by atoms with Gasteiger partial charge in [-0.25, -0.2) is 9.78 Å². The van der Waals surface area contributed by atoms with Gasteiger partial charge in [0.05, 0.1) is 24.2 Å². The highest BCUT2D eigenvalue weighted by atomic mass is 16.5. The molecule has 2 aliphatic rings. The molecule has 2 aliphatic heterocycles. The summed E-state index contributed by atoms with van der Waals surface area (Å²) in [5.74, 6) is 0.402. The van der Waals surface area contributed by atoms with E-state index in [0.29, 0.717) is 35.7 Å². The molecule has 3 aromatic heterocycles. The van der Waals surface area contributed by atoms with E-state index in [2.05, 4.69) is 53.0 Å². The maximum Gasteiger partial charge on any atom is 0.341 e. The first-order valence-electron chi connectivity index (χ1n) is 13.4. The molecule has 1 atom stereocenters. The maximum absolute atomic E-state index is 12.2. The van der Waals surface area contributed by atoms with Gasteiger partial charge in [-0.3, -0.25) is 4.98 Å². The second kappa shape index (κ2) is 10.4. The summed E-state index contributed by atoms with van der Waals surface area (Å²) in [5, 5.41) is 13.1. The van der Waals surface area contributed by atoms with E-state index in [1.807, 2.05) is 24.0 Å². The van der Waals surface area contributed by atoms with Gasteiger partial charge in [-0.05, 0) is 52.1 Å². The maximum atomic E-state index is 12.2. The predicted octanol–water partition coefficient (Wildman–Crippen LogP) is 3.57. The summed E-state index contributed by atoms with van der Waals surface area (Å²) in [4.78, 5) is 36.9. The van der Waals surface area contributed by atoms with Crippen LogP contribution in [0.3, 0.4) is 0 Å². The van der Waals surface area contributed by atoms with E-state index in [1.54, 1.807) is 13.2 Å². The van der Waals surface area contributed by atoms with Crippen LogP contribution in [-0.4, -0.2) is 82.8 Å². The number of nitrogens with zero attached hydrogens (tertiary/aromatic N) is 7. The fourth-order valence-electron chi connectivity index (χ4n) is 5.62. The zero-order chi connectivity index (χ0) is 28.8. The lowest BCUT2D eigenvalue weighted by molar-refractivity contribution is 0.0697. The van der Waals surface area contributed by atoms with Crippen molar-refractivity contribution in [3.8, 4) is 5.88 Å². The minimum Gasteiger partial charge on any atom is -0.479 e. The van der Waals surface area contributed by atoms with Gasteiger partial charge in [0.25, 0.3) is 0 Å². The molecule has 0 radical (unpaired) electrons. The Hall–Kier alpha value is -4.19. The highest BCUT2D eigenvalue weighted by Gasteiger charge is 2.39. The molecule has 1 fully saturated rings. The number of anilines is 6. The van der Waals surface area contributed by atoms with Crippen molar-refractivity contribution in [2.75, 3.05) is 61.7 Å². The van der Waals surface area contributed by atoms with Gasteiger partial charge in [0.15, 0.2) is 11.6 Å². The summed E-state index contributed by atoms with van der Waals surface area (Å²) in [5.41, 5.74) is 9.84. The zero-order valence-electron chi connectivity index (χ0n) is 23.9. The number of likely N-dealkylation sites (N-methyl/N-ethyl adjacent to an activating group) is 1. The number of nitrogen functional groups attached to an aromatic ring is 1. The lowest BCUT2D eigenvalue weighted by Crippen LogP contribution is -2.38. The summed E-state index contributed by atoms with van der Waals surface area (Å²) in [6.45, 7) is 8.41. The van der Waals surface area contributed by atoms with Gasteiger partial charge < -0.3 is 35.6 Å². The number of fused-ring (bicyclic) bond motifs is 1. The molecule has 0 amide bonds. The van der Waals surface area contributed by atoms with Gasteiger partial charge in [0.2, 0.25) is 11.8 Å². The van der Waals surface area contributed by atoms with Gasteiger partial charge in [0.1, 0.15) is 11.3 Å². The van der Waals surface area contributed by atoms with E-state index in [9.17, 15) is 9.90 Å². The summed E-state index contributed by atoms with van der Waals surface area (Å²) in [6, 6.07) is 5.95. The lowest BCUT2D eigenvalue weighted by Gasteiger charge is -2.29. The van der Waals surface area contributed by atoms with Crippen molar-refractivity contribution < 1.29 is 14.6 Å². The van der Waals surface area contributed by atoms with Crippen LogP contribution in [-0.2, 0) is 5.41 Å². The highest BCUT2D eigenvalue weighted by Crippen LogP contribution is 2.44. The molecule has 4 N–H and O–H groups in total. The number of hydrogen-bond donors (Lipinski definition) is 3. The Morgan fingerprint density at radius 2 is 2.02 bits per heavy atom. The number of carboxylic acid groups (broad SMARTS) is 1. The normalized spacial score (nSPS) is 17.8. The molecule has 0 aliphatic carbocycles. The Balaban J connectivity index is 1.50. The fraction of sp³-hybridized carbons (Fsp3) is 0.464. The lowest BCUT2D eigenvalue weighted by atomic mass is 9.91. The smallest absolute Gasteiger partial charge is 0.341 e. The van der Waals surface area contributed by atoms with Crippen molar-refractivity contribution in [3.05, 3.63) is 41.3 Å². The second-order valence-corrected chi connectivity index (χ2v) is 11.4. The third-order valence-electron chi connectivity index (χ3n) is 7.41. The average molecular weight is 548 g/mol. The Bertz CT molecular complexity index is 1440. The molecule has 40 heavy (non-hydrogen) atoms. The SMILES string of the molecule is COc1nc(N2CCC[C@H]2CN(C)C)c(N)cc1Nc1ncc(C(=O)O)c(N2CC(C)(C)c3nc(C)ccc32)n1. The van der Waals surface area contributed by atoms with E-state index >= 15 is 0 Å². The minimum atomic E-state index is -1.11. The summed E-state index contributed by atoms with van der Waals surface area (Å²) < 4.78 is 5.63. The van der Waals surface area contributed by atoms with Crippen LogP contribution in [0.5, 0.6) is 5.88 Å². The molecular weight excluding hydrogens is 510 g/mol. The molecular formula is C28H37N9O3. The second-order valence-electron chi connectivity index (χ2n) is 11.4. The molecule has 12 heteroatoms. The number of rotatable bonds is 8. The highest BCUT2D eigenvalue weighted by molar-refractivity contribution is 5.95. The number of aromatic carboxylic acids is 1. The third kappa shape index (κ3) is 5.06. The Morgan fingerprint density at radius 1 is 1.25 bits per heavy atom. The standard InChI is InChI=1S/C28H37N9O3/c1-16-9-10-21-22(31-16)28(2,3)15-37(21)23-18(26(38)39)13-30-27(34-23)32-20-12-19(29)24(33-25(20)40-6)36-11-7-8-17(36)14-35(4)5/h9-10,12-13,17H,7-8,11,14-15,29H2,1-6H3,(H,38,39)(H,30,32,34)/t17-/m0/s1. The van der Waals surface area contributed by atoms with Crippen LogP contribution in [0.1, 0.15) is 48.4 Å². The topological polar surface area (TPSA) is 146 Å². The Labute approximate surface area is 234 Å². The van der Waals surface area contributed by atoms with Crippen LogP contribution >= 0.6 is 0 Å². The number of carboxylic acids is 1. The summed E-state index contributed by atoms with van der Waals surface area (Å²) >= 11 is 0. The predicted molar refractivity (Wildman–Crippen MR) is 155 cm³/mol. The van der Waals surface area contributed by atoms with Gasteiger partial charge in [-0.1, -0.05) is 13.8 Å². The van der Waals surface area contributed by atoms with Crippen LogP contribution in [0.2, 0.25) is 0 Å². The van der Waals surface area contributed by atoms with E-state index in [4.69, 9.17) is 20.4 Å². The first-order chi connectivity index (χ1) is 19.0. The van der Waals surface area contributed by atoms with Crippen molar-refractivity contribution in [3.63, 3.8) is 0 Å². The molecule has 0 aromatic carbocycles. The van der Waals surface area contributed by atoms with E-state index in [1.165, 1.54) is 6.20 Å². The molecule has 3 aromatic rings. The first kappa shape index (κ1) is 27.4. The van der Waals surface area contributed by atoms with Gasteiger partial charge >= 0.3 is 5.97 Å². The number of aryl methyl sites for hydroxylation is 1. The van der Waals surface area contributed by atoms with Crippen LogP contribution in [0.4, 0.5) is 34.6 Å². The van der Waals surface area contributed by atoms with Gasteiger partial charge in [-0.2, -0.15) is 9.97 Å². The third-order valence-corrected chi connectivity index (χ3v) is 7.41. The number of ether oxygens (including phenoxy) is 1. The van der Waals surface area contributed by atoms with Crippen molar-refractivity contribution in [1.29, 1.82) is 0 Å². The molecule has 5 heterocycles. The molecule has 0 unspecified atom stereocenters. The van der Waals surface area contributed by atoms with Crippen molar-refractivity contribution in [1.82, 2.24) is 24.8 Å². The number of hydrogen-bond acceptors (Lipinski definition) is 11. The quantitative estimate of drug-likeness (QED) is 0.379. The van der Waals surface area contributed by atoms with E-state index < -0.39 is 5.97 Å². The molecule has 212 valence electrons. The molecule has 0 saturated carbocycles. The summed E-state index contributed by atoms with van der Waals surface area (Å²) in [7, 11) is 5.67. The van der Waals surface area contributed by atoms with Crippen LogP contribution in [0, 0.1) is 6.92 Å². The number of aromatic nitrogens is 4. The van der Waals surface area contributed by atoms with Crippen LogP contribution < -0.4 is 25.6 Å².